The topological polar surface area (TPSA) is 40.5 Å². The number of nitrogens with zero attached hydrogens (tertiary/aromatic N) is 1. The molecule has 0 radical (unpaired) electrons. The second-order valence-electron chi connectivity index (χ2n) is 4.01. The second kappa shape index (κ2) is 5.40. The zero-order valence-electron chi connectivity index (χ0n) is 10.1. The van der Waals surface area contributed by atoms with Crippen LogP contribution in [0.5, 0.6) is 0 Å². The molecule has 2 aromatic rings. The van der Waals surface area contributed by atoms with Gasteiger partial charge < -0.3 is 10.0 Å². The molecule has 0 aromatic heterocycles. The highest BCUT2D eigenvalue weighted by molar-refractivity contribution is 9.10. The Bertz CT molecular complexity index is 631. The van der Waals surface area contributed by atoms with Crippen LogP contribution in [0.2, 0.25) is 0 Å². The SMILES string of the molecule is CN(c1cccc(F)c1)c1ccc(C(=O)O)cc1Br. The Kier molecular flexibility index (Phi) is 3.85. The molecular weight excluding hydrogens is 313 g/mol. The zero-order valence-corrected chi connectivity index (χ0v) is 11.7. The van der Waals surface area contributed by atoms with Crippen molar-refractivity contribution in [2.24, 2.45) is 0 Å². The third-order valence-corrected chi connectivity index (χ3v) is 3.39. The molecule has 0 atom stereocenters. The standard InChI is InChI=1S/C14H11BrFNO2/c1-17(11-4-2-3-10(16)8-11)13-6-5-9(14(18)19)7-12(13)15/h2-8H,1H3,(H,18,19). The maximum absolute atomic E-state index is 13.2. The van der Waals surface area contributed by atoms with Crippen molar-refractivity contribution in [1.82, 2.24) is 0 Å². The molecule has 0 amide bonds. The molecule has 0 aliphatic heterocycles. The molecule has 0 fully saturated rings. The van der Waals surface area contributed by atoms with Gasteiger partial charge in [0, 0.05) is 17.2 Å². The van der Waals surface area contributed by atoms with Crippen molar-refractivity contribution < 1.29 is 14.3 Å². The van der Waals surface area contributed by atoms with E-state index in [1.54, 1.807) is 30.1 Å². The first-order valence-corrected chi connectivity index (χ1v) is 6.30. The molecule has 0 aliphatic rings. The number of hydrogen-bond acceptors (Lipinski definition) is 2. The molecule has 0 spiro atoms. The van der Waals surface area contributed by atoms with Gasteiger partial charge in [-0.3, -0.25) is 0 Å². The van der Waals surface area contributed by atoms with Gasteiger partial charge in [0.2, 0.25) is 0 Å². The first kappa shape index (κ1) is 13.5. The molecule has 2 aromatic carbocycles. The van der Waals surface area contributed by atoms with Crippen molar-refractivity contribution in [2.45, 2.75) is 0 Å². The van der Waals surface area contributed by atoms with E-state index >= 15 is 0 Å². The summed E-state index contributed by atoms with van der Waals surface area (Å²) < 4.78 is 13.8. The first-order chi connectivity index (χ1) is 8.99. The molecule has 5 heteroatoms. The summed E-state index contributed by atoms with van der Waals surface area (Å²) in [5.41, 5.74) is 1.64. The summed E-state index contributed by atoms with van der Waals surface area (Å²) in [6, 6.07) is 10.9. The Balaban J connectivity index is 2.39. The average Bonchev–Trinajstić information content (AvgIpc) is 2.37. The Hall–Kier alpha value is -1.88. The van der Waals surface area contributed by atoms with Crippen LogP contribution in [0, 0.1) is 5.82 Å². The minimum absolute atomic E-state index is 0.197. The lowest BCUT2D eigenvalue weighted by molar-refractivity contribution is 0.0697. The van der Waals surface area contributed by atoms with Crippen LogP contribution < -0.4 is 4.90 Å². The summed E-state index contributed by atoms with van der Waals surface area (Å²) in [7, 11) is 1.79. The van der Waals surface area contributed by atoms with Crippen LogP contribution in [0.4, 0.5) is 15.8 Å². The van der Waals surface area contributed by atoms with Gasteiger partial charge in [-0.2, -0.15) is 0 Å². The van der Waals surface area contributed by atoms with Gasteiger partial charge >= 0.3 is 5.97 Å². The van der Waals surface area contributed by atoms with Crippen molar-refractivity contribution in [2.75, 3.05) is 11.9 Å². The van der Waals surface area contributed by atoms with Crippen LogP contribution in [0.25, 0.3) is 0 Å². The van der Waals surface area contributed by atoms with E-state index in [1.165, 1.54) is 24.3 Å². The fraction of sp³-hybridized carbons (Fsp3) is 0.0714. The minimum atomic E-state index is -0.986. The normalized spacial score (nSPS) is 10.3. The first-order valence-electron chi connectivity index (χ1n) is 5.51. The predicted molar refractivity (Wildman–Crippen MR) is 75.6 cm³/mol. The second-order valence-corrected chi connectivity index (χ2v) is 4.86. The molecule has 0 heterocycles. The van der Waals surface area contributed by atoms with E-state index < -0.39 is 5.97 Å². The van der Waals surface area contributed by atoms with Crippen molar-refractivity contribution in [3.05, 3.63) is 58.3 Å². The molecule has 98 valence electrons. The van der Waals surface area contributed by atoms with Crippen LogP contribution in [0.3, 0.4) is 0 Å². The number of aromatic carboxylic acids is 1. The van der Waals surface area contributed by atoms with Gasteiger partial charge in [0.05, 0.1) is 11.3 Å². The maximum atomic E-state index is 13.2. The van der Waals surface area contributed by atoms with Gasteiger partial charge in [-0.15, -0.1) is 0 Å². The summed E-state index contributed by atoms with van der Waals surface area (Å²) in [5.74, 6) is -1.30. The highest BCUT2D eigenvalue weighted by atomic mass is 79.9. The zero-order chi connectivity index (χ0) is 14.0. The number of carbonyl (C=O) groups is 1. The lowest BCUT2D eigenvalue weighted by atomic mass is 10.2. The quantitative estimate of drug-likeness (QED) is 0.926. The number of hydrogen-bond donors (Lipinski definition) is 1. The van der Waals surface area contributed by atoms with E-state index in [0.29, 0.717) is 10.2 Å². The van der Waals surface area contributed by atoms with Crippen LogP contribution >= 0.6 is 15.9 Å². The monoisotopic (exact) mass is 323 g/mol. The van der Waals surface area contributed by atoms with Crippen LogP contribution in [0.15, 0.2) is 46.9 Å². The fourth-order valence-electron chi connectivity index (χ4n) is 1.74. The molecule has 19 heavy (non-hydrogen) atoms. The molecule has 2 rings (SSSR count). The lowest BCUT2D eigenvalue weighted by Crippen LogP contribution is -2.10. The third kappa shape index (κ3) is 2.93. The number of carboxylic acid groups (broad SMARTS) is 1. The molecule has 0 aliphatic carbocycles. The van der Waals surface area contributed by atoms with Gasteiger partial charge in [-0.25, -0.2) is 9.18 Å². The minimum Gasteiger partial charge on any atom is -0.478 e. The Morgan fingerprint density at radius 1 is 1.26 bits per heavy atom. The van der Waals surface area contributed by atoms with E-state index in [4.69, 9.17) is 5.11 Å². The maximum Gasteiger partial charge on any atom is 0.335 e. The largest absolute Gasteiger partial charge is 0.478 e. The molecule has 0 saturated heterocycles. The number of rotatable bonds is 3. The molecule has 0 unspecified atom stereocenters. The Morgan fingerprint density at radius 2 is 2.00 bits per heavy atom. The van der Waals surface area contributed by atoms with E-state index in [0.717, 1.165) is 5.69 Å². The van der Waals surface area contributed by atoms with Crippen LogP contribution in [0.1, 0.15) is 10.4 Å². The van der Waals surface area contributed by atoms with E-state index in [9.17, 15) is 9.18 Å². The van der Waals surface area contributed by atoms with Crippen LogP contribution in [-0.2, 0) is 0 Å². The van der Waals surface area contributed by atoms with Crippen LogP contribution in [-0.4, -0.2) is 18.1 Å². The number of carboxylic acids is 1. The summed E-state index contributed by atoms with van der Waals surface area (Å²) in [6.07, 6.45) is 0. The number of halogens is 2. The van der Waals surface area contributed by atoms with E-state index in [2.05, 4.69) is 15.9 Å². The molecule has 3 nitrogen and oxygen atoms in total. The van der Waals surface area contributed by atoms with Gasteiger partial charge in [-0.1, -0.05) is 6.07 Å². The van der Waals surface area contributed by atoms with E-state index in [-0.39, 0.29) is 11.4 Å². The van der Waals surface area contributed by atoms with E-state index in [1.807, 2.05) is 0 Å². The molecular formula is C14H11BrFNO2. The van der Waals surface area contributed by atoms with Crippen molar-refractivity contribution >= 4 is 33.3 Å². The fourth-order valence-corrected chi connectivity index (χ4v) is 2.38. The Morgan fingerprint density at radius 3 is 2.58 bits per heavy atom. The van der Waals surface area contributed by atoms with Gasteiger partial charge in [0.15, 0.2) is 0 Å². The summed E-state index contributed by atoms with van der Waals surface area (Å²) >= 11 is 3.33. The average molecular weight is 324 g/mol. The number of anilines is 2. The van der Waals surface area contributed by atoms with Gasteiger partial charge in [0.25, 0.3) is 0 Å². The highest BCUT2D eigenvalue weighted by Gasteiger charge is 2.11. The summed E-state index contributed by atoms with van der Waals surface area (Å²) in [5, 5.41) is 8.91. The third-order valence-electron chi connectivity index (χ3n) is 2.75. The molecule has 0 saturated carbocycles. The smallest absolute Gasteiger partial charge is 0.335 e. The van der Waals surface area contributed by atoms with Crippen molar-refractivity contribution in [1.29, 1.82) is 0 Å². The van der Waals surface area contributed by atoms with Crippen molar-refractivity contribution in [3.63, 3.8) is 0 Å². The number of benzene rings is 2. The van der Waals surface area contributed by atoms with Gasteiger partial charge in [0.1, 0.15) is 5.82 Å². The lowest BCUT2D eigenvalue weighted by Gasteiger charge is -2.21. The molecule has 0 bridgehead atoms. The van der Waals surface area contributed by atoms with Gasteiger partial charge in [-0.05, 0) is 52.3 Å². The Labute approximate surface area is 118 Å². The summed E-state index contributed by atoms with van der Waals surface area (Å²) in [6.45, 7) is 0. The highest BCUT2D eigenvalue weighted by Crippen LogP contribution is 2.31. The summed E-state index contributed by atoms with van der Waals surface area (Å²) in [4.78, 5) is 12.6. The predicted octanol–water partition coefficient (Wildman–Crippen LogP) is 4.05. The van der Waals surface area contributed by atoms with Crippen molar-refractivity contribution in [3.8, 4) is 0 Å². The molecule has 1 N–H and O–H groups in total.